The Bertz CT molecular complexity index is 1400. The molecule has 0 aliphatic carbocycles. The Morgan fingerprint density at radius 1 is 1.12 bits per heavy atom. The Kier molecular flexibility index (Phi) is 4.79. The zero-order chi connectivity index (χ0) is 22.6. The van der Waals surface area contributed by atoms with Crippen LogP contribution in [0.2, 0.25) is 0 Å². The molecule has 1 aromatic carbocycles. The second kappa shape index (κ2) is 7.53. The Labute approximate surface area is 185 Å². The number of rotatable bonds is 3. The third-order valence-electron chi connectivity index (χ3n) is 5.63. The number of anilines is 4. The van der Waals surface area contributed by atoms with Crippen LogP contribution in [0.3, 0.4) is 0 Å². The third kappa shape index (κ3) is 3.35. The lowest BCUT2D eigenvalue weighted by atomic mass is 9.97. The molecule has 164 valence electrons. The summed E-state index contributed by atoms with van der Waals surface area (Å²) in [5.74, 6) is 0.896. The lowest BCUT2D eigenvalue weighted by Gasteiger charge is -2.21. The van der Waals surface area contributed by atoms with Gasteiger partial charge in [0, 0.05) is 42.0 Å². The third-order valence-corrected chi connectivity index (χ3v) is 6.92. The molecular formula is C21H21FN8OS. The lowest BCUT2D eigenvalue weighted by Crippen LogP contribution is -2.31. The molecule has 1 aliphatic heterocycles. The minimum atomic E-state index is -1.10. The Morgan fingerprint density at radius 2 is 1.94 bits per heavy atom. The number of hydrogen-bond donors (Lipinski definition) is 3. The SMILES string of the molecule is Cc1c(N)cncc1-c1cc2cc(Nc3cc4n(n3)CS(=O)N(C)C4)ncc2c(N)c1F. The van der Waals surface area contributed by atoms with E-state index >= 15 is 4.39 Å². The fourth-order valence-corrected chi connectivity index (χ4v) is 4.67. The highest BCUT2D eigenvalue weighted by Crippen LogP contribution is 2.36. The smallest absolute Gasteiger partial charge is 0.154 e. The molecule has 0 fully saturated rings. The standard InChI is InChI=1S/C21H21FN8OS/c1-11-15(6-25-8-17(11)23)14-3-12-4-18(26-7-16(12)21(24)20(14)22)27-19-5-13-9-29(2)32(31)10-30(13)28-19/h3-8H,9-10,23-24H2,1-2H3,(H,26,27,28). The van der Waals surface area contributed by atoms with Crippen molar-refractivity contribution in [2.45, 2.75) is 19.3 Å². The highest BCUT2D eigenvalue weighted by molar-refractivity contribution is 7.81. The van der Waals surface area contributed by atoms with E-state index in [0.717, 1.165) is 11.3 Å². The summed E-state index contributed by atoms with van der Waals surface area (Å²) >= 11 is 0. The summed E-state index contributed by atoms with van der Waals surface area (Å²) in [6.45, 7) is 2.36. The van der Waals surface area contributed by atoms with E-state index in [1.807, 2.05) is 20.0 Å². The van der Waals surface area contributed by atoms with Crippen molar-refractivity contribution in [3.63, 3.8) is 0 Å². The largest absolute Gasteiger partial charge is 0.397 e. The van der Waals surface area contributed by atoms with Crippen LogP contribution in [-0.4, -0.2) is 35.3 Å². The molecule has 1 unspecified atom stereocenters. The summed E-state index contributed by atoms with van der Waals surface area (Å²) < 4.78 is 30.6. The summed E-state index contributed by atoms with van der Waals surface area (Å²) in [5.41, 5.74) is 15.2. The van der Waals surface area contributed by atoms with E-state index in [1.54, 1.807) is 27.3 Å². The van der Waals surface area contributed by atoms with E-state index in [0.29, 0.717) is 51.6 Å². The number of nitrogens with two attached hydrogens (primary N) is 2. The number of halogens is 1. The van der Waals surface area contributed by atoms with Gasteiger partial charge in [0.2, 0.25) is 0 Å². The molecule has 0 saturated heterocycles. The van der Waals surface area contributed by atoms with Crippen LogP contribution in [0.25, 0.3) is 21.9 Å². The molecule has 11 heteroatoms. The van der Waals surface area contributed by atoms with Crippen molar-refractivity contribution >= 4 is 44.8 Å². The van der Waals surface area contributed by atoms with Crippen LogP contribution in [0.4, 0.5) is 27.4 Å². The van der Waals surface area contributed by atoms with Gasteiger partial charge in [0.15, 0.2) is 11.6 Å². The molecular weight excluding hydrogens is 431 g/mol. The summed E-state index contributed by atoms with van der Waals surface area (Å²) in [7, 11) is 0.708. The monoisotopic (exact) mass is 452 g/mol. The number of hydrogen-bond acceptors (Lipinski definition) is 7. The minimum Gasteiger partial charge on any atom is -0.397 e. The molecule has 0 amide bonds. The van der Waals surface area contributed by atoms with Gasteiger partial charge in [-0.05, 0) is 30.0 Å². The first kappa shape index (κ1) is 20.3. The number of pyridine rings is 2. The topological polar surface area (TPSA) is 128 Å². The van der Waals surface area contributed by atoms with Crippen molar-refractivity contribution < 1.29 is 8.60 Å². The highest BCUT2D eigenvalue weighted by atomic mass is 32.2. The normalized spacial score (nSPS) is 16.3. The minimum absolute atomic E-state index is 0.0151. The van der Waals surface area contributed by atoms with E-state index in [2.05, 4.69) is 20.4 Å². The van der Waals surface area contributed by atoms with Crippen molar-refractivity contribution in [3.8, 4) is 11.1 Å². The maximum atomic E-state index is 15.1. The molecule has 32 heavy (non-hydrogen) atoms. The maximum absolute atomic E-state index is 15.1. The zero-order valence-electron chi connectivity index (χ0n) is 17.5. The van der Waals surface area contributed by atoms with Crippen molar-refractivity contribution in [2.75, 3.05) is 23.8 Å². The van der Waals surface area contributed by atoms with Crippen molar-refractivity contribution in [2.24, 2.45) is 0 Å². The predicted octanol–water partition coefficient (Wildman–Crippen LogP) is 2.92. The molecule has 9 nitrogen and oxygen atoms in total. The first-order chi connectivity index (χ1) is 15.3. The summed E-state index contributed by atoms with van der Waals surface area (Å²) in [5, 5.41) is 8.86. The summed E-state index contributed by atoms with van der Waals surface area (Å²) in [4.78, 5) is 8.46. The van der Waals surface area contributed by atoms with Gasteiger partial charge in [0.1, 0.15) is 22.7 Å². The molecule has 5 N–H and O–H groups in total. The van der Waals surface area contributed by atoms with E-state index in [-0.39, 0.29) is 5.69 Å². The average Bonchev–Trinajstić information content (AvgIpc) is 3.14. The number of nitrogens with zero attached hydrogens (tertiary/aromatic N) is 5. The maximum Gasteiger partial charge on any atom is 0.154 e. The van der Waals surface area contributed by atoms with E-state index in [4.69, 9.17) is 11.5 Å². The number of aromatic nitrogens is 4. The lowest BCUT2D eigenvalue weighted by molar-refractivity contribution is 0.458. The van der Waals surface area contributed by atoms with Crippen molar-refractivity contribution in [1.29, 1.82) is 0 Å². The van der Waals surface area contributed by atoms with Gasteiger partial charge in [-0.1, -0.05) is 0 Å². The number of benzene rings is 1. The molecule has 1 aliphatic rings. The summed E-state index contributed by atoms with van der Waals surface area (Å²) in [6.07, 6.45) is 4.64. The molecule has 0 saturated carbocycles. The number of nitrogen functional groups attached to an aromatic ring is 2. The highest BCUT2D eigenvalue weighted by Gasteiger charge is 2.22. The molecule has 4 heterocycles. The van der Waals surface area contributed by atoms with Gasteiger partial charge in [-0.25, -0.2) is 17.9 Å². The summed E-state index contributed by atoms with van der Waals surface area (Å²) in [6, 6.07) is 5.39. The van der Waals surface area contributed by atoms with Crippen molar-refractivity contribution in [3.05, 3.63) is 53.9 Å². The molecule has 0 spiro atoms. The van der Waals surface area contributed by atoms with Crippen LogP contribution in [-0.2, 0) is 23.4 Å². The molecule has 4 aromatic rings. The van der Waals surface area contributed by atoms with Gasteiger partial charge in [-0.3, -0.25) is 9.67 Å². The predicted molar refractivity (Wildman–Crippen MR) is 124 cm³/mol. The van der Waals surface area contributed by atoms with Gasteiger partial charge in [0.05, 0.1) is 29.8 Å². The van der Waals surface area contributed by atoms with Gasteiger partial charge >= 0.3 is 0 Å². The van der Waals surface area contributed by atoms with Crippen LogP contribution in [0.15, 0.2) is 36.8 Å². The van der Waals surface area contributed by atoms with Crippen LogP contribution in [0.5, 0.6) is 0 Å². The fraction of sp³-hybridized carbons (Fsp3) is 0.190. The zero-order valence-corrected chi connectivity index (χ0v) is 18.3. The Balaban J connectivity index is 1.54. The molecule has 1 atom stereocenters. The van der Waals surface area contributed by atoms with Crippen LogP contribution >= 0.6 is 0 Å². The van der Waals surface area contributed by atoms with Crippen LogP contribution in [0.1, 0.15) is 11.3 Å². The second-order valence-electron chi connectivity index (χ2n) is 7.73. The molecule has 5 rings (SSSR count). The van der Waals surface area contributed by atoms with E-state index in [1.165, 1.54) is 12.4 Å². The van der Waals surface area contributed by atoms with Gasteiger partial charge < -0.3 is 16.8 Å². The van der Waals surface area contributed by atoms with Crippen LogP contribution < -0.4 is 16.8 Å². The van der Waals surface area contributed by atoms with Gasteiger partial charge in [0.25, 0.3) is 0 Å². The second-order valence-corrected chi connectivity index (χ2v) is 9.25. The first-order valence-electron chi connectivity index (χ1n) is 9.83. The Morgan fingerprint density at radius 3 is 2.75 bits per heavy atom. The van der Waals surface area contributed by atoms with E-state index in [9.17, 15) is 4.21 Å². The van der Waals surface area contributed by atoms with Gasteiger partial charge in [-0.15, -0.1) is 0 Å². The van der Waals surface area contributed by atoms with Crippen molar-refractivity contribution in [1.82, 2.24) is 24.1 Å². The molecule has 0 bridgehead atoms. The van der Waals surface area contributed by atoms with E-state index < -0.39 is 16.8 Å². The van der Waals surface area contributed by atoms with Gasteiger partial charge in [-0.2, -0.15) is 5.10 Å². The fourth-order valence-electron chi connectivity index (χ4n) is 3.76. The average molecular weight is 453 g/mol. The first-order valence-corrected chi connectivity index (χ1v) is 11.1. The number of fused-ring (bicyclic) bond motifs is 2. The van der Waals surface area contributed by atoms with Crippen LogP contribution in [0, 0.1) is 12.7 Å². The quantitative estimate of drug-likeness (QED) is 0.408. The number of nitrogens with one attached hydrogen (secondary N) is 1. The molecule has 3 aromatic heterocycles. The molecule has 0 radical (unpaired) electrons. The Hall–Kier alpha value is -3.57.